The topological polar surface area (TPSA) is 89.9 Å². The van der Waals surface area contributed by atoms with E-state index in [2.05, 4.69) is 11.9 Å². The first-order chi connectivity index (χ1) is 16.5. The molecule has 1 aliphatic heterocycles. The van der Waals surface area contributed by atoms with Crippen molar-refractivity contribution in [1.29, 1.82) is 0 Å². The molecular formula is C27H34N2O4S. The van der Waals surface area contributed by atoms with Crippen molar-refractivity contribution in [2.24, 2.45) is 5.92 Å². The van der Waals surface area contributed by atoms with Gasteiger partial charge in [0.1, 0.15) is 0 Å². The number of carbonyl (C=O) groups is 2. The quantitative estimate of drug-likeness (QED) is 0.405. The third-order valence-electron chi connectivity index (χ3n) is 6.13. The van der Waals surface area contributed by atoms with Crippen LogP contribution in [0, 0.1) is 5.92 Å². The molecule has 0 aromatic heterocycles. The van der Waals surface area contributed by atoms with Gasteiger partial charge in [-0.3, -0.25) is 9.59 Å². The van der Waals surface area contributed by atoms with Gasteiger partial charge in [-0.25, -0.2) is 0 Å². The molecule has 34 heavy (non-hydrogen) atoms. The average Bonchev–Trinajstić information content (AvgIpc) is 2.87. The Morgan fingerprint density at radius 2 is 1.82 bits per heavy atom. The van der Waals surface area contributed by atoms with Gasteiger partial charge < -0.3 is 20.4 Å². The summed E-state index contributed by atoms with van der Waals surface area (Å²) in [6.45, 7) is 3.89. The summed E-state index contributed by atoms with van der Waals surface area (Å²) in [5.74, 6) is 0.372. The SMILES string of the molecule is C=CCC(CC(=O)N1Cc2ccccc2CC1CO)C(=O)NC(CO)CSCc1ccccc1. The van der Waals surface area contributed by atoms with Crippen molar-refractivity contribution in [3.8, 4) is 0 Å². The summed E-state index contributed by atoms with van der Waals surface area (Å²) < 4.78 is 0. The summed E-state index contributed by atoms with van der Waals surface area (Å²) in [4.78, 5) is 27.9. The van der Waals surface area contributed by atoms with Gasteiger partial charge in [-0.2, -0.15) is 11.8 Å². The Labute approximate surface area is 206 Å². The van der Waals surface area contributed by atoms with E-state index in [0.717, 1.165) is 16.9 Å². The number of nitrogens with zero attached hydrogens (tertiary/aromatic N) is 1. The molecule has 2 aromatic rings. The van der Waals surface area contributed by atoms with Crippen LogP contribution in [0.25, 0.3) is 0 Å². The van der Waals surface area contributed by atoms with E-state index in [1.54, 1.807) is 22.7 Å². The van der Waals surface area contributed by atoms with Crippen LogP contribution in [-0.4, -0.2) is 58.0 Å². The molecule has 0 bridgehead atoms. The standard InChI is InChI=1S/C27H34N2O4S/c1-2-8-22(27(33)28-24(16-30)19-34-18-20-9-4-3-5-10-20)14-26(32)29-15-23-12-7-6-11-21(23)13-25(29)17-31/h2-7,9-12,22,24-25,30-31H,1,8,13-19H2,(H,28,33). The number of allylic oxidation sites excluding steroid dienone is 1. The predicted molar refractivity (Wildman–Crippen MR) is 136 cm³/mol. The molecule has 7 heteroatoms. The highest BCUT2D eigenvalue weighted by molar-refractivity contribution is 7.98. The van der Waals surface area contributed by atoms with Crippen molar-refractivity contribution in [1.82, 2.24) is 10.2 Å². The molecule has 1 aliphatic rings. The molecule has 3 atom stereocenters. The second-order valence-corrected chi connectivity index (χ2v) is 9.68. The molecule has 6 nitrogen and oxygen atoms in total. The van der Waals surface area contributed by atoms with Gasteiger partial charge in [0.15, 0.2) is 0 Å². The molecule has 2 amide bonds. The molecule has 2 aromatic carbocycles. The summed E-state index contributed by atoms with van der Waals surface area (Å²) in [6.07, 6.45) is 2.64. The Hall–Kier alpha value is -2.61. The van der Waals surface area contributed by atoms with Crippen molar-refractivity contribution in [2.75, 3.05) is 19.0 Å². The Morgan fingerprint density at radius 1 is 1.12 bits per heavy atom. The number of amides is 2. The van der Waals surface area contributed by atoms with Crippen LogP contribution in [0.15, 0.2) is 67.3 Å². The molecule has 3 unspecified atom stereocenters. The van der Waals surface area contributed by atoms with E-state index < -0.39 is 12.0 Å². The van der Waals surface area contributed by atoms with Crippen LogP contribution in [0.1, 0.15) is 29.5 Å². The van der Waals surface area contributed by atoms with Crippen LogP contribution < -0.4 is 5.32 Å². The van der Waals surface area contributed by atoms with Gasteiger partial charge in [0, 0.05) is 24.5 Å². The number of nitrogens with one attached hydrogen (secondary N) is 1. The normalized spacial score (nSPS) is 16.9. The van der Waals surface area contributed by atoms with Crippen molar-refractivity contribution < 1.29 is 19.8 Å². The van der Waals surface area contributed by atoms with E-state index >= 15 is 0 Å². The minimum Gasteiger partial charge on any atom is -0.394 e. The van der Waals surface area contributed by atoms with Gasteiger partial charge in [0.2, 0.25) is 11.8 Å². The van der Waals surface area contributed by atoms with E-state index in [4.69, 9.17) is 0 Å². The average molecular weight is 483 g/mol. The van der Waals surface area contributed by atoms with Gasteiger partial charge in [0.05, 0.1) is 31.2 Å². The maximum atomic E-state index is 13.2. The van der Waals surface area contributed by atoms with E-state index in [0.29, 0.717) is 25.1 Å². The van der Waals surface area contributed by atoms with Crippen LogP contribution in [0.5, 0.6) is 0 Å². The second kappa shape index (κ2) is 13.3. The zero-order chi connectivity index (χ0) is 24.3. The van der Waals surface area contributed by atoms with E-state index in [9.17, 15) is 19.8 Å². The largest absolute Gasteiger partial charge is 0.394 e. The second-order valence-electron chi connectivity index (χ2n) is 8.65. The highest BCUT2D eigenvalue weighted by Gasteiger charge is 2.32. The zero-order valence-corrected chi connectivity index (χ0v) is 20.3. The summed E-state index contributed by atoms with van der Waals surface area (Å²) in [5, 5.41) is 22.6. The van der Waals surface area contributed by atoms with Gasteiger partial charge >= 0.3 is 0 Å². The smallest absolute Gasteiger partial charge is 0.224 e. The highest BCUT2D eigenvalue weighted by atomic mass is 32.2. The van der Waals surface area contributed by atoms with Gasteiger partial charge in [-0.05, 0) is 29.5 Å². The lowest BCUT2D eigenvalue weighted by atomic mass is 9.92. The number of carbonyl (C=O) groups excluding carboxylic acids is 2. The number of aliphatic hydroxyl groups is 2. The van der Waals surface area contributed by atoms with Crippen LogP contribution in [0.4, 0.5) is 0 Å². The fourth-order valence-corrected chi connectivity index (χ4v) is 5.23. The molecule has 182 valence electrons. The maximum Gasteiger partial charge on any atom is 0.224 e. The fourth-order valence-electron chi connectivity index (χ4n) is 4.21. The fraction of sp³-hybridized carbons (Fsp3) is 0.407. The third kappa shape index (κ3) is 7.19. The van der Waals surface area contributed by atoms with Crippen LogP contribution in [0.2, 0.25) is 0 Å². The van der Waals surface area contributed by atoms with Crippen molar-refractivity contribution >= 4 is 23.6 Å². The number of thioether (sulfide) groups is 1. The first kappa shape index (κ1) is 26.0. The molecule has 0 saturated heterocycles. The molecule has 0 spiro atoms. The predicted octanol–water partition coefficient (Wildman–Crippen LogP) is 2.93. The molecule has 0 radical (unpaired) electrons. The first-order valence-corrected chi connectivity index (χ1v) is 12.8. The number of hydrogen-bond acceptors (Lipinski definition) is 5. The number of rotatable bonds is 12. The lowest BCUT2D eigenvalue weighted by molar-refractivity contribution is -0.140. The molecular weight excluding hydrogens is 448 g/mol. The van der Waals surface area contributed by atoms with E-state index in [-0.39, 0.29) is 37.5 Å². The molecule has 0 saturated carbocycles. The molecule has 1 heterocycles. The minimum absolute atomic E-state index is 0.0336. The van der Waals surface area contributed by atoms with Crippen molar-refractivity contribution in [2.45, 2.75) is 43.6 Å². The lowest BCUT2D eigenvalue weighted by Crippen LogP contribution is -2.48. The minimum atomic E-state index is -0.574. The van der Waals surface area contributed by atoms with Crippen LogP contribution in [0.3, 0.4) is 0 Å². The summed E-state index contributed by atoms with van der Waals surface area (Å²) in [7, 11) is 0. The zero-order valence-electron chi connectivity index (χ0n) is 19.4. The monoisotopic (exact) mass is 482 g/mol. The van der Waals surface area contributed by atoms with Crippen molar-refractivity contribution in [3.05, 3.63) is 83.9 Å². The Balaban J connectivity index is 1.57. The number of fused-ring (bicyclic) bond motifs is 1. The molecule has 0 fully saturated rings. The first-order valence-electron chi connectivity index (χ1n) is 11.7. The summed E-state index contributed by atoms with van der Waals surface area (Å²) in [5.41, 5.74) is 3.40. The van der Waals surface area contributed by atoms with E-state index in [1.165, 1.54) is 5.56 Å². The van der Waals surface area contributed by atoms with E-state index in [1.807, 2.05) is 54.6 Å². The number of aliphatic hydroxyl groups excluding tert-OH is 2. The highest BCUT2D eigenvalue weighted by Crippen LogP contribution is 2.25. The number of hydrogen-bond donors (Lipinski definition) is 3. The summed E-state index contributed by atoms with van der Waals surface area (Å²) in [6, 6.07) is 17.3. The lowest BCUT2D eigenvalue weighted by Gasteiger charge is -2.36. The maximum absolute atomic E-state index is 13.2. The number of benzene rings is 2. The van der Waals surface area contributed by atoms with Crippen LogP contribution >= 0.6 is 11.8 Å². The summed E-state index contributed by atoms with van der Waals surface area (Å²) >= 11 is 1.64. The van der Waals surface area contributed by atoms with Crippen molar-refractivity contribution in [3.63, 3.8) is 0 Å². The third-order valence-corrected chi connectivity index (χ3v) is 7.30. The van der Waals surface area contributed by atoms with Gasteiger partial charge in [-0.1, -0.05) is 60.7 Å². The van der Waals surface area contributed by atoms with Crippen LogP contribution in [-0.2, 0) is 28.3 Å². The Morgan fingerprint density at radius 3 is 2.50 bits per heavy atom. The molecule has 0 aliphatic carbocycles. The Bertz CT molecular complexity index is 953. The van der Waals surface area contributed by atoms with Gasteiger partial charge in [-0.15, -0.1) is 6.58 Å². The molecule has 3 rings (SSSR count). The van der Waals surface area contributed by atoms with Gasteiger partial charge in [0.25, 0.3) is 0 Å². The Kier molecular flexibility index (Phi) is 10.2. The molecule has 3 N–H and O–H groups in total.